The minimum atomic E-state index is -0.840. The van der Waals surface area contributed by atoms with Gasteiger partial charge in [0, 0.05) is 30.1 Å². The van der Waals surface area contributed by atoms with Crippen molar-refractivity contribution >= 4 is 5.97 Å². The summed E-state index contributed by atoms with van der Waals surface area (Å²) in [6, 6.07) is 14.2. The lowest BCUT2D eigenvalue weighted by molar-refractivity contribution is -0.138. The van der Waals surface area contributed by atoms with Gasteiger partial charge in [0.2, 0.25) is 0 Å². The molecule has 0 aliphatic rings. The zero-order chi connectivity index (χ0) is 24.0. The van der Waals surface area contributed by atoms with Crippen molar-refractivity contribution in [2.24, 2.45) is 5.92 Å². The third-order valence-electron chi connectivity index (χ3n) is 5.55. The van der Waals surface area contributed by atoms with Gasteiger partial charge in [-0.3, -0.25) is 9.69 Å². The molecule has 0 bridgehead atoms. The SMILES string of the molecule is CCc1c(CN(C)CC(=O)O)cccc1-c1cnc(-c2ccc(CC(C)C)c(C#N)c2)nc1. The lowest BCUT2D eigenvalue weighted by atomic mass is 9.94. The molecule has 0 saturated carbocycles. The van der Waals surface area contributed by atoms with Crippen LogP contribution in [0.3, 0.4) is 0 Å². The Morgan fingerprint density at radius 1 is 1.12 bits per heavy atom. The first-order valence-corrected chi connectivity index (χ1v) is 11.2. The van der Waals surface area contributed by atoms with Gasteiger partial charge in [-0.15, -0.1) is 0 Å². The van der Waals surface area contributed by atoms with E-state index in [2.05, 4.69) is 36.8 Å². The monoisotopic (exact) mass is 442 g/mol. The number of hydrogen-bond acceptors (Lipinski definition) is 5. The highest BCUT2D eigenvalue weighted by Crippen LogP contribution is 2.28. The Balaban J connectivity index is 1.89. The van der Waals surface area contributed by atoms with Crippen LogP contribution in [0.15, 0.2) is 48.8 Å². The lowest BCUT2D eigenvalue weighted by Crippen LogP contribution is -2.25. The van der Waals surface area contributed by atoms with E-state index in [1.54, 1.807) is 11.9 Å². The highest BCUT2D eigenvalue weighted by molar-refractivity contribution is 5.70. The summed E-state index contributed by atoms with van der Waals surface area (Å²) in [7, 11) is 1.81. The number of benzene rings is 2. The van der Waals surface area contributed by atoms with Gasteiger partial charge < -0.3 is 5.11 Å². The normalized spacial score (nSPS) is 11.1. The van der Waals surface area contributed by atoms with E-state index in [9.17, 15) is 10.1 Å². The molecule has 0 fully saturated rings. The predicted octanol–water partition coefficient (Wildman–Crippen LogP) is 4.96. The van der Waals surface area contributed by atoms with E-state index in [0.717, 1.165) is 46.2 Å². The average Bonchev–Trinajstić information content (AvgIpc) is 2.78. The zero-order valence-corrected chi connectivity index (χ0v) is 19.7. The predicted molar refractivity (Wildman–Crippen MR) is 130 cm³/mol. The van der Waals surface area contributed by atoms with E-state index in [4.69, 9.17) is 5.11 Å². The molecule has 3 aromatic rings. The molecule has 1 N–H and O–H groups in total. The van der Waals surface area contributed by atoms with Crippen LogP contribution in [0, 0.1) is 17.2 Å². The second kappa shape index (κ2) is 10.8. The Hall–Kier alpha value is -3.56. The van der Waals surface area contributed by atoms with Crippen LogP contribution in [0.1, 0.15) is 43.0 Å². The fourth-order valence-electron chi connectivity index (χ4n) is 4.10. The molecular formula is C27H30N4O2. The Bertz CT molecular complexity index is 1160. The molecule has 0 aliphatic carbocycles. The number of rotatable bonds is 9. The first kappa shape index (κ1) is 24.1. The van der Waals surface area contributed by atoms with Gasteiger partial charge in [0.05, 0.1) is 18.2 Å². The number of nitriles is 1. The fourth-order valence-corrected chi connectivity index (χ4v) is 4.10. The molecule has 0 atom stereocenters. The Morgan fingerprint density at radius 3 is 2.45 bits per heavy atom. The summed E-state index contributed by atoms with van der Waals surface area (Å²) >= 11 is 0. The molecule has 1 heterocycles. The fraction of sp³-hybridized carbons (Fsp3) is 0.333. The zero-order valence-electron chi connectivity index (χ0n) is 19.7. The summed E-state index contributed by atoms with van der Waals surface area (Å²) in [5, 5.41) is 18.6. The maximum absolute atomic E-state index is 11.0. The average molecular weight is 443 g/mol. The molecule has 0 unspecified atom stereocenters. The molecule has 0 amide bonds. The standard InChI is InChI=1S/C27H30N4O2/c1-5-24-21(16-31(4)17-26(32)33)7-6-8-25(24)23-14-29-27(30-15-23)20-10-9-19(11-18(2)3)22(12-20)13-28/h6-10,12,14-15,18H,5,11,16-17H2,1-4H3,(H,32,33). The quantitative estimate of drug-likeness (QED) is 0.504. The molecule has 0 radical (unpaired) electrons. The molecule has 0 spiro atoms. The maximum Gasteiger partial charge on any atom is 0.317 e. The number of carboxylic acids is 1. The minimum absolute atomic E-state index is 0.00810. The van der Waals surface area contributed by atoms with Gasteiger partial charge in [-0.2, -0.15) is 5.26 Å². The van der Waals surface area contributed by atoms with Crippen molar-refractivity contribution in [1.29, 1.82) is 5.26 Å². The molecule has 1 aromatic heterocycles. The highest BCUT2D eigenvalue weighted by atomic mass is 16.4. The van der Waals surface area contributed by atoms with Crippen LogP contribution in [0.2, 0.25) is 0 Å². The lowest BCUT2D eigenvalue weighted by Gasteiger charge is -2.19. The van der Waals surface area contributed by atoms with Crippen molar-refractivity contribution in [2.45, 2.75) is 40.2 Å². The Kier molecular flexibility index (Phi) is 7.92. The Labute approximate surface area is 195 Å². The van der Waals surface area contributed by atoms with E-state index in [1.165, 1.54) is 0 Å². The minimum Gasteiger partial charge on any atom is -0.480 e. The number of hydrogen-bond donors (Lipinski definition) is 1. The summed E-state index contributed by atoms with van der Waals surface area (Å²) in [5.74, 6) is 0.222. The number of likely N-dealkylation sites (N-methyl/N-ethyl adjacent to an activating group) is 1. The van der Waals surface area contributed by atoms with Crippen LogP contribution in [0.25, 0.3) is 22.5 Å². The van der Waals surface area contributed by atoms with Crippen LogP contribution >= 0.6 is 0 Å². The van der Waals surface area contributed by atoms with Gasteiger partial charge in [-0.25, -0.2) is 9.97 Å². The molecule has 6 heteroatoms. The molecule has 2 aromatic carbocycles. The van der Waals surface area contributed by atoms with E-state index in [-0.39, 0.29) is 6.54 Å². The Morgan fingerprint density at radius 2 is 1.85 bits per heavy atom. The topological polar surface area (TPSA) is 90.1 Å². The van der Waals surface area contributed by atoms with Crippen molar-refractivity contribution in [3.8, 4) is 28.6 Å². The van der Waals surface area contributed by atoms with E-state index in [1.807, 2.05) is 48.8 Å². The summed E-state index contributed by atoms with van der Waals surface area (Å²) in [6.07, 6.45) is 5.31. The van der Waals surface area contributed by atoms with Crippen LogP contribution in [0.4, 0.5) is 0 Å². The summed E-state index contributed by atoms with van der Waals surface area (Å²) in [5.41, 5.74) is 6.76. The van der Waals surface area contributed by atoms with Crippen LogP contribution in [-0.4, -0.2) is 39.5 Å². The van der Waals surface area contributed by atoms with E-state index < -0.39 is 5.97 Å². The third-order valence-corrected chi connectivity index (χ3v) is 5.55. The molecule has 3 rings (SSSR count). The van der Waals surface area contributed by atoms with Crippen molar-refractivity contribution in [3.63, 3.8) is 0 Å². The molecule has 0 aliphatic heterocycles. The largest absolute Gasteiger partial charge is 0.480 e. The van der Waals surface area contributed by atoms with E-state index in [0.29, 0.717) is 23.9 Å². The van der Waals surface area contributed by atoms with Gasteiger partial charge in [-0.05, 0) is 54.1 Å². The number of aliphatic carboxylic acids is 1. The molecule has 33 heavy (non-hydrogen) atoms. The second-order valence-corrected chi connectivity index (χ2v) is 8.74. The van der Waals surface area contributed by atoms with Crippen LogP contribution in [-0.2, 0) is 24.2 Å². The van der Waals surface area contributed by atoms with Crippen molar-refractivity contribution in [3.05, 3.63) is 71.0 Å². The third kappa shape index (κ3) is 6.03. The molecule has 0 saturated heterocycles. The van der Waals surface area contributed by atoms with E-state index >= 15 is 0 Å². The first-order valence-electron chi connectivity index (χ1n) is 11.2. The molecule has 6 nitrogen and oxygen atoms in total. The number of carbonyl (C=O) groups is 1. The summed E-state index contributed by atoms with van der Waals surface area (Å²) in [6.45, 7) is 6.92. The highest BCUT2D eigenvalue weighted by Gasteiger charge is 2.14. The molecular weight excluding hydrogens is 412 g/mol. The van der Waals surface area contributed by atoms with Gasteiger partial charge in [0.25, 0.3) is 0 Å². The summed E-state index contributed by atoms with van der Waals surface area (Å²) in [4.78, 5) is 22.0. The van der Waals surface area contributed by atoms with Crippen LogP contribution in [0.5, 0.6) is 0 Å². The van der Waals surface area contributed by atoms with Gasteiger partial charge in [-0.1, -0.05) is 51.1 Å². The van der Waals surface area contributed by atoms with Crippen molar-refractivity contribution in [1.82, 2.24) is 14.9 Å². The smallest absolute Gasteiger partial charge is 0.317 e. The van der Waals surface area contributed by atoms with Gasteiger partial charge >= 0.3 is 5.97 Å². The number of aromatic nitrogens is 2. The van der Waals surface area contributed by atoms with Crippen molar-refractivity contribution in [2.75, 3.05) is 13.6 Å². The first-order chi connectivity index (χ1) is 15.8. The maximum atomic E-state index is 11.0. The van der Waals surface area contributed by atoms with Gasteiger partial charge in [0.1, 0.15) is 0 Å². The number of nitrogens with zero attached hydrogens (tertiary/aromatic N) is 4. The van der Waals surface area contributed by atoms with Crippen molar-refractivity contribution < 1.29 is 9.90 Å². The molecule has 170 valence electrons. The van der Waals surface area contributed by atoms with Gasteiger partial charge in [0.15, 0.2) is 5.82 Å². The van der Waals surface area contributed by atoms with Crippen LogP contribution < -0.4 is 0 Å². The summed E-state index contributed by atoms with van der Waals surface area (Å²) < 4.78 is 0. The number of carboxylic acid groups (broad SMARTS) is 1. The second-order valence-electron chi connectivity index (χ2n) is 8.74.